The molecule has 3 aromatic rings. The van der Waals surface area contributed by atoms with Gasteiger partial charge in [0.1, 0.15) is 0 Å². The molecule has 0 amide bonds. The number of nitrogens with zero attached hydrogens (tertiary/aromatic N) is 4. The van der Waals surface area contributed by atoms with E-state index in [9.17, 15) is 0 Å². The maximum atomic E-state index is 6.42. The average Bonchev–Trinajstić information content (AvgIpc) is 2.92. The molecule has 0 saturated carbocycles. The van der Waals surface area contributed by atoms with E-state index in [1.165, 1.54) is 0 Å². The predicted octanol–water partition coefficient (Wildman–Crippen LogP) is 2.62. The monoisotopic (exact) mass is 347 g/mol. The van der Waals surface area contributed by atoms with Crippen LogP contribution in [-0.2, 0) is 20.5 Å². The van der Waals surface area contributed by atoms with Crippen LogP contribution in [0.4, 0.5) is 0 Å². The van der Waals surface area contributed by atoms with Crippen molar-refractivity contribution < 1.29 is 0 Å². The van der Waals surface area contributed by atoms with Crippen molar-refractivity contribution in [1.29, 1.82) is 0 Å². The Morgan fingerprint density at radius 3 is 2.57 bits per heavy atom. The van der Waals surface area contributed by atoms with Gasteiger partial charge in [-0.25, -0.2) is 0 Å². The first kappa shape index (κ1) is 14.3. The Balaban J connectivity index is 1.99. The van der Waals surface area contributed by atoms with E-state index in [0.717, 1.165) is 32.5 Å². The van der Waals surface area contributed by atoms with Crippen molar-refractivity contribution in [3.05, 3.63) is 45.8 Å². The normalized spacial score (nSPS) is 13.0. The zero-order valence-corrected chi connectivity index (χ0v) is 13.9. The number of hydrogen-bond acceptors (Lipinski definition) is 3. The Bertz CT molecular complexity index is 802. The first-order valence-corrected chi connectivity index (χ1v) is 7.63. The lowest BCUT2D eigenvalue weighted by molar-refractivity contribution is 0.617. The van der Waals surface area contributed by atoms with Gasteiger partial charge in [0.05, 0.1) is 33.1 Å². The van der Waals surface area contributed by atoms with Crippen molar-refractivity contribution >= 4 is 26.8 Å². The second-order valence-electron chi connectivity index (χ2n) is 5.31. The van der Waals surface area contributed by atoms with E-state index in [2.05, 4.69) is 38.3 Å². The fourth-order valence-electron chi connectivity index (χ4n) is 2.72. The Labute approximate surface area is 131 Å². The molecule has 1 atom stereocenters. The smallest absolute Gasteiger partial charge is 0.0874 e. The van der Waals surface area contributed by atoms with Crippen molar-refractivity contribution in [2.45, 2.75) is 19.4 Å². The van der Waals surface area contributed by atoms with Gasteiger partial charge in [-0.3, -0.25) is 9.36 Å². The Hall–Kier alpha value is -1.66. The van der Waals surface area contributed by atoms with Crippen molar-refractivity contribution in [3.8, 4) is 0 Å². The van der Waals surface area contributed by atoms with Crippen LogP contribution < -0.4 is 5.73 Å². The van der Waals surface area contributed by atoms with Crippen LogP contribution in [0.15, 0.2) is 28.7 Å². The van der Waals surface area contributed by atoms with E-state index < -0.39 is 0 Å². The molecular weight excluding hydrogens is 330 g/mol. The molecule has 3 rings (SSSR count). The lowest BCUT2D eigenvalue weighted by Crippen LogP contribution is -2.17. The van der Waals surface area contributed by atoms with Gasteiger partial charge in [-0.1, -0.05) is 18.2 Å². The number of para-hydroxylation sites is 1. The molecule has 2 heterocycles. The van der Waals surface area contributed by atoms with Gasteiger partial charge in [-0.05, 0) is 28.9 Å². The highest BCUT2D eigenvalue weighted by Crippen LogP contribution is 2.27. The second-order valence-corrected chi connectivity index (χ2v) is 6.10. The summed E-state index contributed by atoms with van der Waals surface area (Å²) < 4.78 is 4.79. The quantitative estimate of drug-likeness (QED) is 0.792. The van der Waals surface area contributed by atoms with Crippen LogP contribution in [-0.4, -0.2) is 19.6 Å². The molecule has 0 spiro atoms. The van der Waals surface area contributed by atoms with Crippen molar-refractivity contribution in [2.24, 2.45) is 19.8 Å². The molecule has 21 heavy (non-hydrogen) atoms. The lowest BCUT2D eigenvalue weighted by atomic mass is 10.1. The van der Waals surface area contributed by atoms with Gasteiger partial charge in [0, 0.05) is 25.9 Å². The number of fused-ring (bicyclic) bond motifs is 1. The molecule has 0 aliphatic rings. The van der Waals surface area contributed by atoms with Crippen LogP contribution in [0.5, 0.6) is 0 Å². The third kappa shape index (κ3) is 2.38. The van der Waals surface area contributed by atoms with Gasteiger partial charge < -0.3 is 5.73 Å². The number of nitrogens with two attached hydrogens (primary N) is 1. The molecule has 0 bridgehead atoms. The van der Waals surface area contributed by atoms with Crippen LogP contribution >= 0.6 is 15.9 Å². The lowest BCUT2D eigenvalue weighted by Gasteiger charge is -2.10. The van der Waals surface area contributed by atoms with Crippen molar-refractivity contribution in [3.63, 3.8) is 0 Å². The van der Waals surface area contributed by atoms with Gasteiger partial charge in [0.15, 0.2) is 0 Å². The van der Waals surface area contributed by atoms with E-state index in [0.29, 0.717) is 6.42 Å². The van der Waals surface area contributed by atoms with Gasteiger partial charge >= 0.3 is 0 Å². The summed E-state index contributed by atoms with van der Waals surface area (Å²) >= 11 is 3.59. The molecule has 2 N–H and O–H groups in total. The molecule has 5 nitrogen and oxygen atoms in total. The summed E-state index contributed by atoms with van der Waals surface area (Å²) in [5.41, 5.74) is 10.5. The van der Waals surface area contributed by atoms with Crippen molar-refractivity contribution in [1.82, 2.24) is 19.6 Å². The third-order valence-electron chi connectivity index (χ3n) is 3.81. The topological polar surface area (TPSA) is 61.7 Å². The summed E-state index contributed by atoms with van der Waals surface area (Å²) in [6.45, 7) is 1.98. The van der Waals surface area contributed by atoms with Crippen LogP contribution in [0.2, 0.25) is 0 Å². The Kier molecular flexibility index (Phi) is 3.59. The first-order valence-electron chi connectivity index (χ1n) is 6.84. The minimum absolute atomic E-state index is 0.165. The number of rotatable bonds is 3. The molecule has 1 unspecified atom stereocenters. The molecule has 0 fully saturated rings. The van der Waals surface area contributed by atoms with Crippen LogP contribution in [0.3, 0.4) is 0 Å². The molecule has 0 saturated heterocycles. The number of benzene rings is 1. The first-order chi connectivity index (χ1) is 9.99. The van der Waals surface area contributed by atoms with Gasteiger partial charge in [-0.15, -0.1) is 0 Å². The number of aryl methyl sites for hydroxylation is 3. The Morgan fingerprint density at radius 2 is 1.90 bits per heavy atom. The highest BCUT2D eigenvalue weighted by molar-refractivity contribution is 9.10. The van der Waals surface area contributed by atoms with Crippen LogP contribution in [0.25, 0.3) is 10.9 Å². The van der Waals surface area contributed by atoms with Crippen LogP contribution in [0, 0.1) is 6.92 Å². The Morgan fingerprint density at radius 1 is 1.19 bits per heavy atom. The van der Waals surface area contributed by atoms with E-state index in [1.54, 1.807) is 0 Å². The minimum atomic E-state index is -0.165. The zero-order chi connectivity index (χ0) is 15.1. The molecule has 1 aromatic carbocycles. The molecule has 0 radical (unpaired) electrons. The van der Waals surface area contributed by atoms with Crippen LogP contribution in [0.1, 0.15) is 23.1 Å². The predicted molar refractivity (Wildman–Crippen MR) is 87.0 cm³/mol. The molecule has 0 aliphatic heterocycles. The number of halogens is 1. The van der Waals surface area contributed by atoms with Gasteiger partial charge in [0.25, 0.3) is 0 Å². The summed E-state index contributed by atoms with van der Waals surface area (Å²) in [5.74, 6) is 0. The van der Waals surface area contributed by atoms with Gasteiger partial charge in [0.2, 0.25) is 0 Å². The fraction of sp³-hybridized carbons (Fsp3) is 0.333. The molecule has 0 aliphatic carbocycles. The van der Waals surface area contributed by atoms with E-state index >= 15 is 0 Å². The number of aromatic nitrogens is 4. The zero-order valence-electron chi connectivity index (χ0n) is 12.3. The summed E-state index contributed by atoms with van der Waals surface area (Å²) in [6, 6.07) is 8.00. The standard InChI is InChI=1S/C15H18BrN5/c1-9-14(16)13(21(3)18-9)8-11(17)15-10-6-4-5-7-12(10)20(2)19-15/h4-7,11H,8,17H2,1-3H3. The second kappa shape index (κ2) is 5.27. The largest absolute Gasteiger partial charge is 0.322 e. The highest BCUT2D eigenvalue weighted by Gasteiger charge is 2.19. The van der Waals surface area contributed by atoms with E-state index in [-0.39, 0.29) is 6.04 Å². The maximum absolute atomic E-state index is 6.42. The third-order valence-corrected chi connectivity index (χ3v) is 4.84. The molecular formula is C15H18BrN5. The summed E-state index contributed by atoms with van der Waals surface area (Å²) in [4.78, 5) is 0. The summed E-state index contributed by atoms with van der Waals surface area (Å²) in [5, 5.41) is 10.1. The van der Waals surface area contributed by atoms with Gasteiger partial charge in [-0.2, -0.15) is 10.2 Å². The average molecular weight is 348 g/mol. The molecule has 2 aromatic heterocycles. The molecule has 110 valence electrons. The van der Waals surface area contributed by atoms with E-state index in [4.69, 9.17) is 5.73 Å². The highest BCUT2D eigenvalue weighted by atomic mass is 79.9. The minimum Gasteiger partial charge on any atom is -0.322 e. The summed E-state index contributed by atoms with van der Waals surface area (Å²) in [7, 11) is 3.89. The van der Waals surface area contributed by atoms with Crippen molar-refractivity contribution in [2.75, 3.05) is 0 Å². The fourth-order valence-corrected chi connectivity index (χ4v) is 3.22. The maximum Gasteiger partial charge on any atom is 0.0874 e. The number of hydrogen-bond donors (Lipinski definition) is 1. The SMILES string of the molecule is Cc1nn(C)c(CC(N)c2nn(C)c3ccccc23)c1Br. The molecule has 6 heteroatoms. The van der Waals surface area contributed by atoms with E-state index in [1.807, 2.05) is 42.5 Å². The summed E-state index contributed by atoms with van der Waals surface area (Å²) in [6.07, 6.45) is 0.693.